The van der Waals surface area contributed by atoms with Gasteiger partial charge in [-0.05, 0) is 56.5 Å². The van der Waals surface area contributed by atoms with E-state index in [1.807, 2.05) is 6.07 Å². The highest BCUT2D eigenvalue weighted by molar-refractivity contribution is 9.10. The Hall–Kier alpha value is -1.35. The molecule has 0 atom stereocenters. The number of ketones is 1. The van der Waals surface area contributed by atoms with E-state index in [2.05, 4.69) is 52.5 Å². The first-order chi connectivity index (χ1) is 9.08. The van der Waals surface area contributed by atoms with E-state index in [4.69, 9.17) is 0 Å². The molecule has 0 fully saturated rings. The van der Waals surface area contributed by atoms with Crippen LogP contribution in [0.3, 0.4) is 0 Å². The highest BCUT2D eigenvalue weighted by Gasteiger charge is 2.23. The zero-order valence-electron chi connectivity index (χ0n) is 11.2. The van der Waals surface area contributed by atoms with Crippen molar-refractivity contribution in [2.24, 2.45) is 0 Å². The SMILES string of the molecule is Cc1cc(-n2c(C)cc3c2CCCC3=O)ccc1Br. The summed E-state index contributed by atoms with van der Waals surface area (Å²) in [5.41, 5.74) is 5.59. The quantitative estimate of drug-likeness (QED) is 0.765. The molecule has 2 nitrogen and oxygen atoms in total. The van der Waals surface area contributed by atoms with Crippen molar-refractivity contribution in [3.05, 3.63) is 51.3 Å². The van der Waals surface area contributed by atoms with Gasteiger partial charge in [-0.2, -0.15) is 0 Å². The number of nitrogens with zero attached hydrogens (tertiary/aromatic N) is 1. The van der Waals surface area contributed by atoms with Gasteiger partial charge in [0.2, 0.25) is 0 Å². The monoisotopic (exact) mass is 317 g/mol. The van der Waals surface area contributed by atoms with E-state index >= 15 is 0 Å². The normalized spacial score (nSPS) is 14.6. The number of hydrogen-bond donors (Lipinski definition) is 0. The number of carbonyl (C=O) groups is 1. The van der Waals surface area contributed by atoms with Gasteiger partial charge >= 0.3 is 0 Å². The molecule has 1 aromatic carbocycles. The van der Waals surface area contributed by atoms with Gasteiger partial charge in [-0.25, -0.2) is 0 Å². The molecule has 0 unspecified atom stereocenters. The van der Waals surface area contributed by atoms with Crippen molar-refractivity contribution in [2.75, 3.05) is 0 Å². The molecular weight excluding hydrogens is 302 g/mol. The van der Waals surface area contributed by atoms with Crippen LogP contribution in [0.25, 0.3) is 5.69 Å². The Bertz CT molecular complexity index is 670. The van der Waals surface area contributed by atoms with Crippen molar-refractivity contribution in [3.63, 3.8) is 0 Å². The van der Waals surface area contributed by atoms with Gasteiger partial charge < -0.3 is 4.57 Å². The van der Waals surface area contributed by atoms with E-state index < -0.39 is 0 Å². The number of carbonyl (C=O) groups excluding carboxylic acids is 1. The summed E-state index contributed by atoms with van der Waals surface area (Å²) in [6, 6.07) is 8.37. The maximum atomic E-state index is 12.0. The second kappa shape index (κ2) is 4.64. The summed E-state index contributed by atoms with van der Waals surface area (Å²) >= 11 is 3.53. The van der Waals surface area contributed by atoms with E-state index in [1.165, 1.54) is 11.3 Å². The number of Topliss-reactive ketones (excluding diaryl/α,β-unsaturated/α-hetero) is 1. The predicted octanol–water partition coefficient (Wildman–Crippen LogP) is 4.38. The van der Waals surface area contributed by atoms with E-state index in [1.54, 1.807) is 0 Å². The standard InChI is InChI=1S/C16H16BrNO/c1-10-8-12(6-7-14(10)17)18-11(2)9-13-15(18)4-3-5-16(13)19/h6-9H,3-5H2,1-2H3. The molecule has 3 rings (SSSR count). The fourth-order valence-electron chi connectivity index (χ4n) is 2.86. The van der Waals surface area contributed by atoms with Crippen LogP contribution in [0, 0.1) is 13.8 Å². The van der Waals surface area contributed by atoms with Crippen LogP contribution in [-0.2, 0) is 6.42 Å². The predicted molar refractivity (Wildman–Crippen MR) is 80.2 cm³/mol. The van der Waals surface area contributed by atoms with Crippen molar-refractivity contribution in [3.8, 4) is 5.69 Å². The lowest BCUT2D eigenvalue weighted by Crippen LogP contribution is -2.12. The average Bonchev–Trinajstić information content (AvgIpc) is 2.71. The number of benzene rings is 1. The lowest BCUT2D eigenvalue weighted by atomic mass is 9.96. The summed E-state index contributed by atoms with van der Waals surface area (Å²) in [6.45, 7) is 4.16. The van der Waals surface area contributed by atoms with Crippen molar-refractivity contribution in [1.82, 2.24) is 4.57 Å². The van der Waals surface area contributed by atoms with Gasteiger partial charge in [0.1, 0.15) is 0 Å². The third-order valence-electron chi connectivity index (χ3n) is 3.80. The van der Waals surface area contributed by atoms with Crippen molar-refractivity contribution < 1.29 is 4.79 Å². The number of fused-ring (bicyclic) bond motifs is 1. The second-order valence-corrected chi connectivity index (χ2v) is 6.05. The minimum Gasteiger partial charge on any atom is -0.317 e. The van der Waals surface area contributed by atoms with Crippen LogP contribution in [0.1, 0.15) is 40.2 Å². The smallest absolute Gasteiger partial charge is 0.164 e. The van der Waals surface area contributed by atoms with Crippen LogP contribution in [0.15, 0.2) is 28.7 Å². The van der Waals surface area contributed by atoms with Crippen LogP contribution < -0.4 is 0 Å². The molecule has 0 amide bonds. The maximum Gasteiger partial charge on any atom is 0.164 e. The number of aromatic nitrogens is 1. The molecule has 0 saturated heterocycles. The summed E-state index contributed by atoms with van der Waals surface area (Å²) in [5, 5.41) is 0. The average molecular weight is 318 g/mol. The zero-order valence-corrected chi connectivity index (χ0v) is 12.8. The third-order valence-corrected chi connectivity index (χ3v) is 4.69. The molecule has 2 aromatic rings. The fraction of sp³-hybridized carbons (Fsp3) is 0.312. The summed E-state index contributed by atoms with van der Waals surface area (Å²) in [4.78, 5) is 12.0. The van der Waals surface area contributed by atoms with Gasteiger partial charge in [-0.3, -0.25) is 4.79 Å². The summed E-state index contributed by atoms with van der Waals surface area (Å²) in [6.07, 6.45) is 2.64. The molecule has 1 aromatic heterocycles. The first-order valence-corrected chi connectivity index (χ1v) is 7.38. The largest absolute Gasteiger partial charge is 0.317 e. The highest BCUT2D eigenvalue weighted by atomic mass is 79.9. The first kappa shape index (κ1) is 12.7. The Morgan fingerprint density at radius 3 is 2.68 bits per heavy atom. The highest BCUT2D eigenvalue weighted by Crippen LogP contribution is 2.29. The Labute approximate surface area is 121 Å². The Morgan fingerprint density at radius 2 is 1.95 bits per heavy atom. The fourth-order valence-corrected chi connectivity index (χ4v) is 3.10. The van der Waals surface area contributed by atoms with Gasteiger partial charge in [-0.15, -0.1) is 0 Å². The molecule has 1 aliphatic rings. The first-order valence-electron chi connectivity index (χ1n) is 6.59. The topological polar surface area (TPSA) is 22.0 Å². The number of aryl methyl sites for hydroxylation is 2. The minimum atomic E-state index is 0.289. The number of hydrogen-bond acceptors (Lipinski definition) is 1. The lowest BCUT2D eigenvalue weighted by molar-refractivity contribution is 0.0972. The Morgan fingerprint density at radius 1 is 1.16 bits per heavy atom. The van der Waals surface area contributed by atoms with Crippen LogP contribution in [0.4, 0.5) is 0 Å². The van der Waals surface area contributed by atoms with Gasteiger partial charge in [-0.1, -0.05) is 15.9 Å². The molecule has 98 valence electrons. The molecule has 0 aliphatic heterocycles. The molecule has 1 heterocycles. The molecule has 1 aliphatic carbocycles. The summed E-state index contributed by atoms with van der Waals surface area (Å²) < 4.78 is 3.34. The van der Waals surface area contributed by atoms with Crippen molar-refractivity contribution in [1.29, 1.82) is 0 Å². The molecule has 0 spiro atoms. The second-order valence-electron chi connectivity index (χ2n) is 5.19. The van der Waals surface area contributed by atoms with E-state index in [-0.39, 0.29) is 5.78 Å². The van der Waals surface area contributed by atoms with Gasteiger partial charge in [0, 0.05) is 33.5 Å². The van der Waals surface area contributed by atoms with E-state index in [0.717, 1.165) is 34.3 Å². The van der Waals surface area contributed by atoms with Crippen LogP contribution in [0.2, 0.25) is 0 Å². The van der Waals surface area contributed by atoms with Gasteiger partial charge in [0.15, 0.2) is 5.78 Å². The van der Waals surface area contributed by atoms with Crippen LogP contribution in [-0.4, -0.2) is 10.4 Å². The number of halogens is 1. The third kappa shape index (κ3) is 2.06. The maximum absolute atomic E-state index is 12.0. The minimum absolute atomic E-state index is 0.289. The number of rotatable bonds is 1. The van der Waals surface area contributed by atoms with E-state index in [9.17, 15) is 4.79 Å². The van der Waals surface area contributed by atoms with Crippen molar-refractivity contribution >= 4 is 21.7 Å². The Balaban J connectivity index is 2.20. The van der Waals surface area contributed by atoms with Crippen LogP contribution >= 0.6 is 15.9 Å². The summed E-state index contributed by atoms with van der Waals surface area (Å²) in [7, 11) is 0. The van der Waals surface area contributed by atoms with Gasteiger partial charge in [0.25, 0.3) is 0 Å². The molecule has 0 radical (unpaired) electrons. The molecule has 0 bridgehead atoms. The van der Waals surface area contributed by atoms with E-state index in [0.29, 0.717) is 6.42 Å². The molecule has 19 heavy (non-hydrogen) atoms. The molecule has 0 saturated carbocycles. The zero-order chi connectivity index (χ0) is 13.6. The van der Waals surface area contributed by atoms with Crippen LogP contribution in [0.5, 0.6) is 0 Å². The summed E-state index contributed by atoms with van der Waals surface area (Å²) in [5.74, 6) is 0.289. The lowest BCUT2D eigenvalue weighted by Gasteiger charge is -2.16. The molecule has 3 heteroatoms. The molecule has 0 N–H and O–H groups in total. The molecular formula is C16H16BrNO. The Kier molecular flexibility index (Phi) is 3.09. The van der Waals surface area contributed by atoms with Gasteiger partial charge in [0.05, 0.1) is 0 Å². The van der Waals surface area contributed by atoms with Crippen molar-refractivity contribution in [2.45, 2.75) is 33.1 Å².